The number of nitrogens with one attached hydrogen (secondary N) is 1. The number of imidazole rings is 1. The number of benzene rings is 1. The summed E-state index contributed by atoms with van der Waals surface area (Å²) in [5.41, 5.74) is 2.36. The standard InChI is InChI=1S/C16H23N3/c1-2-10-17-15(13-6-5-7-13)11-19-12-18-14-8-3-4-9-16(14)19/h3-4,8-9,12-13,15,17H,2,5-7,10-11H2,1H3. The fraction of sp³-hybridized carbons (Fsp3) is 0.562. The molecule has 2 aromatic rings. The summed E-state index contributed by atoms with van der Waals surface area (Å²) >= 11 is 0. The number of hydrogen-bond acceptors (Lipinski definition) is 2. The monoisotopic (exact) mass is 257 g/mol. The molecule has 1 fully saturated rings. The average molecular weight is 257 g/mol. The summed E-state index contributed by atoms with van der Waals surface area (Å²) in [7, 11) is 0. The van der Waals surface area contributed by atoms with Gasteiger partial charge in [-0.15, -0.1) is 0 Å². The van der Waals surface area contributed by atoms with E-state index >= 15 is 0 Å². The van der Waals surface area contributed by atoms with Gasteiger partial charge in [0.15, 0.2) is 0 Å². The number of aromatic nitrogens is 2. The third kappa shape index (κ3) is 2.66. The van der Waals surface area contributed by atoms with Gasteiger partial charge in [0.1, 0.15) is 0 Å². The molecule has 102 valence electrons. The summed E-state index contributed by atoms with van der Waals surface area (Å²) in [6, 6.07) is 9.01. The van der Waals surface area contributed by atoms with Gasteiger partial charge >= 0.3 is 0 Å². The van der Waals surface area contributed by atoms with E-state index in [4.69, 9.17) is 0 Å². The average Bonchev–Trinajstić information content (AvgIpc) is 2.77. The lowest BCUT2D eigenvalue weighted by Gasteiger charge is -2.34. The lowest BCUT2D eigenvalue weighted by atomic mass is 9.79. The minimum atomic E-state index is 0.603. The Bertz CT molecular complexity index is 528. The van der Waals surface area contributed by atoms with Crippen LogP contribution in [0.3, 0.4) is 0 Å². The molecule has 1 heterocycles. The highest BCUT2D eigenvalue weighted by Crippen LogP contribution is 2.30. The molecule has 0 bridgehead atoms. The molecule has 0 aliphatic heterocycles. The van der Waals surface area contributed by atoms with E-state index in [1.165, 1.54) is 31.2 Å². The van der Waals surface area contributed by atoms with Crippen LogP contribution in [0.2, 0.25) is 0 Å². The predicted octanol–water partition coefficient (Wildman–Crippen LogP) is 3.20. The first-order valence-corrected chi connectivity index (χ1v) is 7.51. The SMILES string of the molecule is CCCNC(Cn1cnc2ccccc21)C1CCC1. The zero-order valence-corrected chi connectivity index (χ0v) is 11.7. The maximum atomic E-state index is 4.49. The predicted molar refractivity (Wildman–Crippen MR) is 79.2 cm³/mol. The lowest BCUT2D eigenvalue weighted by Crippen LogP contribution is -2.42. The normalized spacial score (nSPS) is 17.5. The van der Waals surface area contributed by atoms with E-state index in [1.54, 1.807) is 0 Å². The first-order valence-electron chi connectivity index (χ1n) is 7.51. The van der Waals surface area contributed by atoms with Gasteiger partial charge in [-0.05, 0) is 43.9 Å². The summed E-state index contributed by atoms with van der Waals surface area (Å²) < 4.78 is 2.31. The molecule has 3 nitrogen and oxygen atoms in total. The molecular weight excluding hydrogens is 234 g/mol. The Morgan fingerprint density at radius 3 is 2.95 bits per heavy atom. The van der Waals surface area contributed by atoms with Crippen LogP contribution in [0.4, 0.5) is 0 Å². The molecule has 0 amide bonds. The maximum Gasteiger partial charge on any atom is 0.0958 e. The Kier molecular flexibility index (Phi) is 3.83. The molecule has 1 aliphatic rings. The van der Waals surface area contributed by atoms with Crippen molar-refractivity contribution in [1.82, 2.24) is 14.9 Å². The zero-order chi connectivity index (χ0) is 13.1. The Balaban J connectivity index is 1.76. The third-order valence-electron chi connectivity index (χ3n) is 4.30. The summed E-state index contributed by atoms with van der Waals surface area (Å²) in [6.07, 6.45) is 7.36. The summed E-state index contributed by atoms with van der Waals surface area (Å²) in [4.78, 5) is 4.49. The van der Waals surface area contributed by atoms with Crippen LogP contribution in [0.15, 0.2) is 30.6 Å². The van der Waals surface area contributed by atoms with Crippen LogP contribution >= 0.6 is 0 Å². The van der Waals surface area contributed by atoms with Crippen molar-refractivity contribution in [2.24, 2.45) is 5.92 Å². The molecule has 0 saturated heterocycles. The first-order chi connectivity index (χ1) is 9.38. The van der Waals surface area contributed by atoms with Gasteiger partial charge in [0.25, 0.3) is 0 Å². The largest absolute Gasteiger partial charge is 0.329 e. The van der Waals surface area contributed by atoms with Crippen molar-refractivity contribution in [2.45, 2.75) is 45.2 Å². The van der Waals surface area contributed by atoms with Crippen LogP contribution in [-0.2, 0) is 6.54 Å². The molecule has 1 aliphatic carbocycles. The molecule has 0 radical (unpaired) electrons. The third-order valence-corrected chi connectivity index (χ3v) is 4.30. The van der Waals surface area contributed by atoms with E-state index in [1.807, 2.05) is 6.33 Å². The Hall–Kier alpha value is -1.35. The second kappa shape index (κ2) is 5.74. The molecule has 3 rings (SSSR count). The Labute approximate surface area is 115 Å². The molecule has 1 N–H and O–H groups in total. The molecule has 19 heavy (non-hydrogen) atoms. The van der Waals surface area contributed by atoms with E-state index in [0.717, 1.165) is 24.5 Å². The minimum Gasteiger partial charge on any atom is -0.329 e. The van der Waals surface area contributed by atoms with Gasteiger partial charge in [0.2, 0.25) is 0 Å². The van der Waals surface area contributed by atoms with Gasteiger partial charge in [-0.1, -0.05) is 25.5 Å². The highest BCUT2D eigenvalue weighted by Gasteiger charge is 2.27. The molecule has 1 atom stereocenters. The van der Waals surface area contributed by atoms with Gasteiger partial charge in [-0.25, -0.2) is 4.98 Å². The van der Waals surface area contributed by atoms with Crippen LogP contribution in [0.25, 0.3) is 11.0 Å². The van der Waals surface area contributed by atoms with E-state index in [2.05, 4.69) is 46.1 Å². The Morgan fingerprint density at radius 1 is 1.37 bits per heavy atom. The highest BCUT2D eigenvalue weighted by molar-refractivity contribution is 5.74. The van der Waals surface area contributed by atoms with Crippen LogP contribution in [0.5, 0.6) is 0 Å². The number of para-hydroxylation sites is 2. The van der Waals surface area contributed by atoms with Gasteiger partial charge in [-0.3, -0.25) is 0 Å². The van der Waals surface area contributed by atoms with Crippen LogP contribution in [0.1, 0.15) is 32.6 Å². The smallest absolute Gasteiger partial charge is 0.0958 e. The molecule has 1 unspecified atom stereocenters. The van der Waals surface area contributed by atoms with E-state index < -0.39 is 0 Å². The van der Waals surface area contributed by atoms with E-state index in [9.17, 15) is 0 Å². The van der Waals surface area contributed by atoms with Gasteiger partial charge in [-0.2, -0.15) is 0 Å². The van der Waals surface area contributed by atoms with Crippen LogP contribution in [-0.4, -0.2) is 22.1 Å². The highest BCUT2D eigenvalue weighted by atomic mass is 15.1. The van der Waals surface area contributed by atoms with Gasteiger partial charge in [0, 0.05) is 12.6 Å². The van der Waals surface area contributed by atoms with Crippen molar-refractivity contribution in [3.63, 3.8) is 0 Å². The molecular formula is C16H23N3. The van der Waals surface area contributed by atoms with E-state index in [0.29, 0.717) is 6.04 Å². The fourth-order valence-electron chi connectivity index (χ4n) is 2.92. The first kappa shape index (κ1) is 12.7. The second-order valence-corrected chi connectivity index (χ2v) is 5.64. The Morgan fingerprint density at radius 2 is 2.21 bits per heavy atom. The number of hydrogen-bond donors (Lipinski definition) is 1. The number of nitrogens with zero attached hydrogens (tertiary/aromatic N) is 2. The van der Waals surface area contributed by atoms with Gasteiger partial charge in [0.05, 0.1) is 17.4 Å². The topological polar surface area (TPSA) is 29.9 Å². The van der Waals surface area contributed by atoms with Crippen molar-refractivity contribution in [2.75, 3.05) is 6.54 Å². The van der Waals surface area contributed by atoms with Gasteiger partial charge < -0.3 is 9.88 Å². The molecule has 3 heteroatoms. The van der Waals surface area contributed by atoms with Crippen molar-refractivity contribution in [3.8, 4) is 0 Å². The van der Waals surface area contributed by atoms with Crippen molar-refractivity contribution in [1.29, 1.82) is 0 Å². The second-order valence-electron chi connectivity index (χ2n) is 5.64. The number of fused-ring (bicyclic) bond motifs is 1. The molecule has 1 aromatic heterocycles. The number of rotatable bonds is 6. The van der Waals surface area contributed by atoms with Crippen molar-refractivity contribution in [3.05, 3.63) is 30.6 Å². The zero-order valence-electron chi connectivity index (χ0n) is 11.7. The summed E-state index contributed by atoms with van der Waals surface area (Å²) in [5, 5.41) is 3.73. The van der Waals surface area contributed by atoms with Crippen molar-refractivity contribution >= 4 is 11.0 Å². The summed E-state index contributed by atoms with van der Waals surface area (Å²) in [6.45, 7) is 4.40. The van der Waals surface area contributed by atoms with Crippen LogP contribution in [0, 0.1) is 5.92 Å². The minimum absolute atomic E-state index is 0.603. The van der Waals surface area contributed by atoms with Crippen molar-refractivity contribution < 1.29 is 0 Å². The maximum absolute atomic E-state index is 4.49. The molecule has 0 spiro atoms. The fourth-order valence-corrected chi connectivity index (χ4v) is 2.92. The molecule has 1 aromatic carbocycles. The lowest BCUT2D eigenvalue weighted by molar-refractivity contribution is 0.212. The van der Waals surface area contributed by atoms with E-state index in [-0.39, 0.29) is 0 Å². The molecule has 1 saturated carbocycles. The summed E-state index contributed by atoms with van der Waals surface area (Å²) in [5.74, 6) is 0.854. The van der Waals surface area contributed by atoms with Crippen LogP contribution < -0.4 is 5.32 Å². The quantitative estimate of drug-likeness (QED) is 0.861.